The molecule has 1 amide bonds. The van der Waals surface area contributed by atoms with Gasteiger partial charge in [-0.2, -0.15) is 0 Å². The number of esters is 1. The van der Waals surface area contributed by atoms with Gasteiger partial charge in [0, 0.05) is 73.3 Å². The number of carbonyl (C=O) groups excluding carboxylic acids is 2. The van der Waals surface area contributed by atoms with Crippen LogP contribution in [-0.4, -0.2) is 102 Å². The van der Waals surface area contributed by atoms with E-state index in [1.807, 2.05) is 30.5 Å². The summed E-state index contributed by atoms with van der Waals surface area (Å²) in [5.41, 5.74) is 2.72. The molecule has 0 saturated carbocycles. The van der Waals surface area contributed by atoms with Gasteiger partial charge in [-0.05, 0) is 50.7 Å². The molecule has 1 radical (unpaired) electrons. The average molecular weight is 603 g/mol. The summed E-state index contributed by atoms with van der Waals surface area (Å²) in [7, 11) is 1.32. The minimum Gasteiger partial charge on any atom is -0.467 e. The molecule has 223 valence electrons. The van der Waals surface area contributed by atoms with E-state index in [0.29, 0.717) is 13.0 Å². The van der Waals surface area contributed by atoms with Gasteiger partial charge in [0.25, 0.3) is 0 Å². The van der Waals surface area contributed by atoms with Crippen molar-refractivity contribution >= 4 is 22.8 Å². The van der Waals surface area contributed by atoms with Crippen LogP contribution in [0.3, 0.4) is 0 Å². The number of nitrogens with zero attached hydrogens (tertiary/aromatic N) is 4. The van der Waals surface area contributed by atoms with E-state index in [1.165, 1.54) is 11.8 Å². The van der Waals surface area contributed by atoms with Crippen molar-refractivity contribution in [3.8, 4) is 0 Å². The normalized spacial score (nSPS) is 16.9. The quantitative estimate of drug-likeness (QED) is 0.178. The Balaban J connectivity index is 0.00000441. The Morgan fingerprint density at radius 1 is 1.02 bits per heavy atom. The van der Waals surface area contributed by atoms with Gasteiger partial charge in [-0.15, -0.1) is 5.10 Å². The number of amides is 1. The van der Waals surface area contributed by atoms with E-state index < -0.39 is 12.0 Å². The van der Waals surface area contributed by atoms with Gasteiger partial charge in [0.1, 0.15) is 12.6 Å². The van der Waals surface area contributed by atoms with Crippen LogP contribution in [0.1, 0.15) is 24.1 Å². The summed E-state index contributed by atoms with van der Waals surface area (Å²) in [5, 5.41) is 22.7. The molecule has 1 aliphatic heterocycles. The second-order valence-electron chi connectivity index (χ2n) is 9.85. The van der Waals surface area contributed by atoms with Crippen LogP contribution in [-0.2, 0) is 50.9 Å². The summed E-state index contributed by atoms with van der Waals surface area (Å²) < 4.78 is 6.48. The number of carbonyl (C=O) groups is 2. The number of rotatable bonds is 8. The molecule has 0 unspecified atom stereocenters. The van der Waals surface area contributed by atoms with Crippen LogP contribution in [0.5, 0.6) is 0 Å². The number of nitrogens with one attached hydrogen (secondary N) is 5. The molecule has 4 rings (SSSR count). The molecule has 0 aliphatic carbocycles. The molecule has 1 aromatic carbocycles. The first kappa shape index (κ1) is 31.7. The number of aromatic amines is 1. The van der Waals surface area contributed by atoms with Gasteiger partial charge >= 0.3 is 5.97 Å². The predicted molar refractivity (Wildman–Crippen MR) is 149 cm³/mol. The van der Waals surface area contributed by atoms with Crippen LogP contribution in [0.15, 0.2) is 36.7 Å². The Hall–Kier alpha value is -2.80. The first-order chi connectivity index (χ1) is 19.1. The Kier molecular flexibility index (Phi) is 13.6. The fourth-order valence-electron chi connectivity index (χ4n) is 4.79. The van der Waals surface area contributed by atoms with Gasteiger partial charge in [-0.3, -0.25) is 9.69 Å². The summed E-state index contributed by atoms with van der Waals surface area (Å²) in [6, 6.07) is 7.04. The zero-order valence-corrected chi connectivity index (χ0v) is 24.0. The van der Waals surface area contributed by atoms with Crippen LogP contribution >= 0.6 is 0 Å². The largest absolute Gasteiger partial charge is 0.467 e. The fraction of sp³-hybridized carbons (Fsp3) is 0.556. The third kappa shape index (κ3) is 9.99. The Morgan fingerprint density at radius 2 is 1.77 bits per heavy atom. The first-order valence-corrected chi connectivity index (χ1v) is 13.8. The second-order valence-corrected chi connectivity index (χ2v) is 9.85. The van der Waals surface area contributed by atoms with Crippen LogP contribution in [0.4, 0.5) is 0 Å². The molecule has 1 aliphatic rings. The molecule has 1 atom stereocenters. The maximum absolute atomic E-state index is 12.9. The number of H-pyrrole nitrogens is 1. The topological polar surface area (TPSA) is 141 Å². The second kappa shape index (κ2) is 17.1. The number of hydrogen-bond acceptors (Lipinski definition) is 9. The zero-order chi connectivity index (χ0) is 27.3. The summed E-state index contributed by atoms with van der Waals surface area (Å²) >= 11 is 0. The number of aromatic nitrogens is 4. The summed E-state index contributed by atoms with van der Waals surface area (Å²) in [6.07, 6.45) is 6.13. The standard InChI is InChI=1S/C27H41N9O3.Cu/c1-39-27(38)25(16-21-17-31-24-7-3-2-6-23(21)24)32-26(37)20-36-19-22(33-34-36)18-35-14-5-10-29-12-11-28-8-4-9-30-13-15-35;/h2-3,6-7,17,19,25,28-31H,4-5,8-16,18,20H2,1H3,(H,32,37);/t25-;/m0./s1. The number of benzene rings is 1. The molecule has 1 fully saturated rings. The summed E-state index contributed by atoms with van der Waals surface area (Å²) in [6.45, 7) is 8.36. The van der Waals surface area contributed by atoms with Crippen LogP contribution in [0, 0.1) is 0 Å². The average Bonchev–Trinajstić information content (AvgIpc) is 3.56. The van der Waals surface area contributed by atoms with E-state index in [-0.39, 0.29) is 29.5 Å². The fourth-order valence-corrected chi connectivity index (χ4v) is 4.79. The molecular weight excluding hydrogens is 562 g/mol. The summed E-state index contributed by atoms with van der Waals surface area (Å²) in [5.74, 6) is -0.821. The number of methoxy groups -OCH3 is 1. The first-order valence-electron chi connectivity index (χ1n) is 13.8. The van der Waals surface area contributed by atoms with E-state index in [4.69, 9.17) is 4.74 Å². The van der Waals surface area contributed by atoms with E-state index >= 15 is 0 Å². The number of hydrogen-bond donors (Lipinski definition) is 5. The van der Waals surface area contributed by atoms with E-state index in [1.54, 1.807) is 6.20 Å². The molecule has 5 N–H and O–H groups in total. The van der Waals surface area contributed by atoms with Gasteiger partial charge in [0.05, 0.1) is 19.0 Å². The molecule has 1 saturated heterocycles. The zero-order valence-electron chi connectivity index (χ0n) is 23.0. The number of fused-ring (bicyclic) bond motifs is 1. The van der Waals surface area contributed by atoms with Gasteiger partial charge in [0.2, 0.25) is 5.91 Å². The van der Waals surface area contributed by atoms with Crippen molar-refractivity contribution in [3.05, 3.63) is 47.9 Å². The van der Waals surface area contributed by atoms with Gasteiger partial charge in [-0.25, -0.2) is 9.48 Å². The number of ether oxygens (including phenoxy) is 1. The van der Waals surface area contributed by atoms with E-state index in [2.05, 4.69) is 41.5 Å². The molecule has 40 heavy (non-hydrogen) atoms. The van der Waals surface area contributed by atoms with Gasteiger partial charge in [-0.1, -0.05) is 23.4 Å². The number of para-hydroxylation sites is 1. The Bertz CT molecular complexity index is 1170. The molecule has 13 heteroatoms. The van der Waals surface area contributed by atoms with Crippen molar-refractivity contribution in [1.29, 1.82) is 0 Å². The third-order valence-electron chi connectivity index (χ3n) is 6.82. The minimum atomic E-state index is -0.808. The van der Waals surface area contributed by atoms with Gasteiger partial charge < -0.3 is 31.0 Å². The molecule has 2 aromatic heterocycles. The smallest absolute Gasteiger partial charge is 0.328 e. The predicted octanol–water partition coefficient (Wildman–Crippen LogP) is 0.0220. The molecular formula is C27H41CuN9O3. The van der Waals surface area contributed by atoms with Crippen molar-refractivity contribution in [2.75, 3.05) is 59.5 Å². The third-order valence-corrected chi connectivity index (χ3v) is 6.82. The van der Waals surface area contributed by atoms with Crippen LogP contribution in [0.25, 0.3) is 10.9 Å². The Labute approximate surface area is 245 Å². The monoisotopic (exact) mass is 602 g/mol. The SMILES string of the molecule is COC(=O)[C@H](Cc1c[nH]c2ccccc12)NC(=O)Cn1cc(CN2CCCNCCNCCCNCC2)nn1.[Cu]. The van der Waals surface area contributed by atoms with Crippen molar-refractivity contribution in [2.24, 2.45) is 0 Å². The maximum Gasteiger partial charge on any atom is 0.328 e. The summed E-state index contributed by atoms with van der Waals surface area (Å²) in [4.78, 5) is 30.9. The van der Waals surface area contributed by atoms with Crippen LogP contribution in [0.2, 0.25) is 0 Å². The molecule has 12 nitrogen and oxygen atoms in total. The van der Waals surface area contributed by atoms with Crippen molar-refractivity contribution in [1.82, 2.24) is 46.1 Å². The van der Waals surface area contributed by atoms with Crippen molar-refractivity contribution in [2.45, 2.75) is 38.4 Å². The maximum atomic E-state index is 12.9. The van der Waals surface area contributed by atoms with Gasteiger partial charge in [0.15, 0.2) is 0 Å². The molecule has 0 bridgehead atoms. The van der Waals surface area contributed by atoms with E-state index in [0.717, 1.165) is 87.4 Å². The van der Waals surface area contributed by atoms with Crippen molar-refractivity contribution < 1.29 is 31.4 Å². The Morgan fingerprint density at radius 3 is 2.58 bits per heavy atom. The van der Waals surface area contributed by atoms with Crippen molar-refractivity contribution in [3.63, 3.8) is 0 Å². The molecule has 3 aromatic rings. The molecule has 0 spiro atoms. The van der Waals surface area contributed by atoms with E-state index in [9.17, 15) is 9.59 Å². The molecule has 3 heterocycles. The minimum absolute atomic E-state index is 0. The van der Waals surface area contributed by atoms with Crippen LogP contribution < -0.4 is 21.3 Å².